The Kier molecular flexibility index (Phi) is 49.4. The van der Waals surface area contributed by atoms with Crippen LogP contribution in [0.25, 0.3) is 0 Å². The third-order valence-electron chi connectivity index (χ3n) is 27.4. The first kappa shape index (κ1) is 109. The average Bonchev–Trinajstić information content (AvgIpc) is 0.858. The molecule has 0 aromatic heterocycles. The van der Waals surface area contributed by atoms with Crippen molar-refractivity contribution < 1.29 is 4.74 Å². The molecule has 730 valence electrons. The highest BCUT2D eigenvalue weighted by Crippen LogP contribution is 2.35. The highest BCUT2D eigenvalue weighted by Gasteiger charge is 2.20. The monoisotopic (exact) mass is 1860 g/mol. The van der Waals surface area contributed by atoms with Gasteiger partial charge in [-0.25, -0.2) is 0 Å². The fourth-order valence-corrected chi connectivity index (χ4v) is 18.6. The number of ether oxygens (including phenoxy) is 1. The fourth-order valence-electron chi connectivity index (χ4n) is 18.6. The Labute approximate surface area is 847 Å². The number of nitrogens with one attached hydrogen (secondary N) is 3. The standard InChI is InChI=1S/2C28H34.2C27H33N.C26H31NO/c2*1-23-15-19-25(20-16-23)11-7-4-3-5-10-14-28(26-12-8-6-9-13-26)27-21-17-24(2)18-22-27;1-22-12-16-24(17-13-22)9-5-4-8-20-28-21-27(25-10-6-3-7-11-25)26-18-14-23(2)15-19-26;1-22-12-16-24(17-13-22)21-28-20-8-4-7-11-27(25-9-5-3-6-10-25)26-18-14-23(2)15-19-26;1-21-10-14-23(15-11-21)20-27-18-6-7-19-28-26(24-8-4-3-5-9-24)25-16-12-22(2)13-17-25/h2*6,8-9,12-13,15-22,28H,3-5,7,10-11,14H2,1-2H3;3,6-7,10-19,27-28H,4-5,8-9,20-21H2,1-2H3;3,5-6,9-10,12-19,27-28H,4,7-8,11,20-21H2,1-2H3;3-5,8-17,26-27H,6-7,18-20H2,1-2H3. The molecular formula is C136H165N3O. The van der Waals surface area contributed by atoms with Crippen LogP contribution in [0.5, 0.6) is 0 Å². The van der Waals surface area contributed by atoms with Crippen molar-refractivity contribution >= 4 is 0 Å². The summed E-state index contributed by atoms with van der Waals surface area (Å²) >= 11 is 0. The molecule has 15 aromatic carbocycles. The molecule has 0 aliphatic carbocycles. The molecule has 3 N–H and O–H groups in total. The van der Waals surface area contributed by atoms with E-state index < -0.39 is 0 Å². The van der Waals surface area contributed by atoms with E-state index in [-0.39, 0.29) is 6.10 Å². The molecule has 0 bridgehead atoms. The lowest BCUT2D eigenvalue weighted by molar-refractivity contribution is 0.0772. The molecule has 4 nitrogen and oxygen atoms in total. The van der Waals surface area contributed by atoms with Gasteiger partial charge in [0.15, 0.2) is 0 Å². The minimum absolute atomic E-state index is 0.00215. The Morgan fingerprint density at radius 2 is 0.371 bits per heavy atom. The van der Waals surface area contributed by atoms with Crippen LogP contribution in [0.1, 0.15) is 304 Å². The number of benzene rings is 15. The second kappa shape index (κ2) is 63.7. The topological polar surface area (TPSA) is 45.3 Å². The lowest BCUT2D eigenvalue weighted by atomic mass is 9.86. The molecule has 0 fully saturated rings. The van der Waals surface area contributed by atoms with Crippen molar-refractivity contribution in [3.05, 3.63) is 533 Å². The van der Waals surface area contributed by atoms with Crippen molar-refractivity contribution in [2.75, 3.05) is 32.8 Å². The Bertz CT molecular complexity index is 4850. The van der Waals surface area contributed by atoms with Crippen LogP contribution in [0.15, 0.2) is 394 Å². The zero-order valence-corrected chi connectivity index (χ0v) is 86.7. The van der Waals surface area contributed by atoms with Gasteiger partial charge in [0.05, 0.1) is 0 Å². The number of aryl methyl sites for hydroxylation is 13. The van der Waals surface area contributed by atoms with E-state index in [1.54, 1.807) is 0 Å². The average molecular weight is 1860 g/mol. The molecule has 0 saturated carbocycles. The van der Waals surface area contributed by atoms with Crippen molar-refractivity contribution in [2.24, 2.45) is 0 Å². The third kappa shape index (κ3) is 41.5. The van der Waals surface area contributed by atoms with E-state index >= 15 is 0 Å². The van der Waals surface area contributed by atoms with Gasteiger partial charge in [0, 0.05) is 49.9 Å². The summed E-state index contributed by atoms with van der Waals surface area (Å²) in [5.74, 6) is 1.96. The van der Waals surface area contributed by atoms with Gasteiger partial charge >= 0.3 is 0 Å². The molecular weight excluding hydrogens is 1690 g/mol. The third-order valence-corrected chi connectivity index (χ3v) is 27.4. The molecule has 0 amide bonds. The summed E-state index contributed by atoms with van der Waals surface area (Å²) < 4.78 is 6.30. The quantitative estimate of drug-likeness (QED) is 0.0333. The minimum Gasteiger partial charge on any atom is -0.369 e. The van der Waals surface area contributed by atoms with E-state index in [0.29, 0.717) is 23.7 Å². The summed E-state index contributed by atoms with van der Waals surface area (Å²) in [6.45, 7) is 28.3. The molecule has 15 rings (SSSR count). The van der Waals surface area contributed by atoms with Gasteiger partial charge in [0.1, 0.15) is 6.10 Å². The van der Waals surface area contributed by atoms with Crippen LogP contribution in [0.3, 0.4) is 0 Å². The summed E-state index contributed by atoms with van der Waals surface area (Å²) in [7, 11) is 0. The van der Waals surface area contributed by atoms with Crippen LogP contribution >= 0.6 is 0 Å². The first-order valence-electron chi connectivity index (χ1n) is 53.2. The minimum atomic E-state index is 0.00215. The molecule has 0 saturated heterocycles. The van der Waals surface area contributed by atoms with E-state index in [4.69, 9.17) is 4.74 Å². The van der Waals surface area contributed by atoms with Crippen LogP contribution in [0.4, 0.5) is 0 Å². The number of unbranched alkanes of at least 4 members (excludes halogenated alkanes) is 13. The molecule has 140 heavy (non-hydrogen) atoms. The van der Waals surface area contributed by atoms with Crippen LogP contribution in [0.2, 0.25) is 0 Å². The van der Waals surface area contributed by atoms with E-state index in [1.165, 1.54) is 280 Å². The number of rotatable bonds is 50. The van der Waals surface area contributed by atoms with E-state index in [0.717, 1.165) is 58.7 Å². The van der Waals surface area contributed by atoms with Crippen LogP contribution in [-0.4, -0.2) is 32.8 Å². The highest BCUT2D eigenvalue weighted by atomic mass is 16.5. The first-order chi connectivity index (χ1) is 68.6. The summed E-state index contributed by atoms with van der Waals surface area (Å²) in [5.41, 5.74) is 34.3. The summed E-state index contributed by atoms with van der Waals surface area (Å²) in [6, 6.07) is 144. The summed E-state index contributed by atoms with van der Waals surface area (Å²) in [4.78, 5) is 0. The van der Waals surface area contributed by atoms with Gasteiger partial charge in [0.25, 0.3) is 0 Å². The van der Waals surface area contributed by atoms with Crippen molar-refractivity contribution in [1.82, 2.24) is 16.0 Å². The molecule has 0 spiro atoms. The highest BCUT2D eigenvalue weighted by molar-refractivity contribution is 5.40. The van der Waals surface area contributed by atoms with Gasteiger partial charge < -0.3 is 20.7 Å². The molecule has 15 aromatic rings. The van der Waals surface area contributed by atoms with Crippen molar-refractivity contribution in [3.63, 3.8) is 0 Å². The predicted octanol–water partition coefficient (Wildman–Crippen LogP) is 35.2. The SMILES string of the molecule is Cc1ccc(CCCCCCCC(c2ccccc2)c2ccc(C)cc2)cc1.Cc1ccc(CCCCCCCC(c2ccccc2)c2ccc(C)cc2)cc1.Cc1ccc(CCCCCNCC(c2ccccc2)c2ccc(C)cc2)cc1.Cc1ccc(CNCCCCCC(c2ccccc2)c2ccc(C)cc2)cc1.Cc1ccc(CNCCCCOC(c2ccccc2)c2ccc(C)cc2)cc1. The maximum Gasteiger partial charge on any atom is 0.108 e. The zero-order chi connectivity index (χ0) is 98.0. The molecule has 0 heterocycles. The Morgan fingerprint density at radius 1 is 0.171 bits per heavy atom. The maximum atomic E-state index is 6.30. The summed E-state index contributed by atoms with van der Waals surface area (Å²) in [6.07, 6.45) is 30.3. The second-order valence-electron chi connectivity index (χ2n) is 39.5. The first-order valence-corrected chi connectivity index (χ1v) is 53.2. The van der Waals surface area contributed by atoms with Crippen molar-refractivity contribution in [2.45, 2.75) is 266 Å². The number of hydrogen-bond acceptors (Lipinski definition) is 4. The van der Waals surface area contributed by atoms with Crippen molar-refractivity contribution in [1.29, 1.82) is 0 Å². The molecule has 4 heteroatoms. The van der Waals surface area contributed by atoms with E-state index in [9.17, 15) is 0 Å². The smallest absolute Gasteiger partial charge is 0.108 e. The molecule has 5 unspecified atom stereocenters. The normalized spacial score (nSPS) is 12.1. The van der Waals surface area contributed by atoms with Crippen LogP contribution in [-0.2, 0) is 37.1 Å². The Morgan fingerprint density at radius 3 is 0.671 bits per heavy atom. The lowest BCUT2D eigenvalue weighted by Crippen LogP contribution is -2.23. The maximum absolute atomic E-state index is 6.30. The molecule has 0 aliphatic heterocycles. The molecule has 0 aliphatic rings. The largest absolute Gasteiger partial charge is 0.369 e. The van der Waals surface area contributed by atoms with Gasteiger partial charge in [-0.2, -0.15) is 0 Å². The van der Waals surface area contributed by atoms with Gasteiger partial charge in [-0.1, -0.05) is 521 Å². The van der Waals surface area contributed by atoms with Crippen LogP contribution in [0, 0.1) is 69.2 Å². The van der Waals surface area contributed by atoms with Crippen molar-refractivity contribution in [3.8, 4) is 0 Å². The van der Waals surface area contributed by atoms with Gasteiger partial charge in [0.2, 0.25) is 0 Å². The molecule has 5 atom stereocenters. The predicted molar refractivity (Wildman–Crippen MR) is 604 cm³/mol. The Hall–Kier alpha value is -11.9. The number of hydrogen-bond donors (Lipinski definition) is 3. The van der Waals surface area contributed by atoms with E-state index in [1.807, 2.05) is 0 Å². The van der Waals surface area contributed by atoms with Gasteiger partial charge in [-0.3, -0.25) is 0 Å². The second-order valence-corrected chi connectivity index (χ2v) is 39.5. The van der Waals surface area contributed by atoms with Gasteiger partial charge in [-0.15, -0.1) is 0 Å². The zero-order valence-electron chi connectivity index (χ0n) is 86.7. The summed E-state index contributed by atoms with van der Waals surface area (Å²) in [5, 5.41) is 10.8. The van der Waals surface area contributed by atoms with Gasteiger partial charge in [-0.05, 0) is 256 Å². The van der Waals surface area contributed by atoms with Crippen LogP contribution < -0.4 is 16.0 Å². The Balaban J connectivity index is 0.000000167. The molecule has 0 radical (unpaired) electrons. The van der Waals surface area contributed by atoms with E-state index in [2.05, 4.69) is 480 Å². The fraction of sp³-hybridized carbons (Fsp3) is 0.338. The lowest BCUT2D eigenvalue weighted by Gasteiger charge is -2.19.